The fourth-order valence-electron chi connectivity index (χ4n) is 2.63. The van der Waals surface area contributed by atoms with Gasteiger partial charge in [-0.3, -0.25) is 24.1 Å². The zero-order chi connectivity index (χ0) is 15.3. The number of hydrogen-bond acceptors (Lipinski definition) is 4. The van der Waals surface area contributed by atoms with Crippen LogP contribution in [0.5, 0.6) is 0 Å². The first-order chi connectivity index (χ1) is 9.90. The topological polar surface area (TPSA) is 74.8 Å². The summed E-state index contributed by atoms with van der Waals surface area (Å²) < 4.78 is 0. The smallest absolute Gasteiger partial charge is 0.261 e. The number of amides is 3. The van der Waals surface area contributed by atoms with Gasteiger partial charge in [0.1, 0.15) is 0 Å². The van der Waals surface area contributed by atoms with E-state index in [4.69, 9.17) is 11.6 Å². The molecule has 3 amide bonds. The number of anilines is 1. The highest BCUT2D eigenvalue weighted by Crippen LogP contribution is 2.30. The maximum atomic E-state index is 12.0. The first kappa shape index (κ1) is 13.8. The van der Waals surface area contributed by atoms with E-state index in [1.165, 1.54) is 24.1 Å². The SMILES string of the molecule is CN1C(=O)c2ccc(N3CC(C(=O)Cl)CC3=O)cc2C1=O. The molecule has 1 atom stereocenters. The Morgan fingerprint density at radius 1 is 1.19 bits per heavy atom. The van der Waals surface area contributed by atoms with Crippen LogP contribution in [0.4, 0.5) is 5.69 Å². The van der Waals surface area contributed by atoms with Crippen molar-refractivity contribution in [2.75, 3.05) is 18.5 Å². The predicted octanol–water partition coefficient (Wildman–Crippen LogP) is 1.03. The van der Waals surface area contributed by atoms with Gasteiger partial charge >= 0.3 is 0 Å². The van der Waals surface area contributed by atoms with Crippen LogP contribution in [0.25, 0.3) is 0 Å². The Balaban J connectivity index is 1.96. The average molecular weight is 307 g/mol. The highest BCUT2D eigenvalue weighted by molar-refractivity contribution is 6.64. The monoisotopic (exact) mass is 306 g/mol. The summed E-state index contributed by atoms with van der Waals surface area (Å²) in [6.45, 7) is 0.192. The third-order valence-electron chi connectivity index (χ3n) is 3.83. The van der Waals surface area contributed by atoms with Gasteiger partial charge in [0.2, 0.25) is 11.1 Å². The van der Waals surface area contributed by atoms with Crippen LogP contribution in [-0.2, 0) is 9.59 Å². The molecule has 0 aromatic heterocycles. The number of imide groups is 1. The number of rotatable bonds is 2. The highest BCUT2D eigenvalue weighted by atomic mass is 35.5. The van der Waals surface area contributed by atoms with E-state index < -0.39 is 17.1 Å². The molecule has 6 nitrogen and oxygen atoms in total. The van der Waals surface area contributed by atoms with E-state index in [1.807, 2.05) is 0 Å². The van der Waals surface area contributed by atoms with Gasteiger partial charge in [-0.25, -0.2) is 0 Å². The molecule has 108 valence electrons. The van der Waals surface area contributed by atoms with Gasteiger partial charge in [0.25, 0.3) is 11.8 Å². The first-order valence-electron chi connectivity index (χ1n) is 6.36. The summed E-state index contributed by atoms with van der Waals surface area (Å²) in [7, 11) is 1.41. The summed E-state index contributed by atoms with van der Waals surface area (Å²) >= 11 is 5.43. The van der Waals surface area contributed by atoms with Crippen LogP contribution in [0.3, 0.4) is 0 Å². The molecule has 1 unspecified atom stereocenters. The van der Waals surface area contributed by atoms with Crippen molar-refractivity contribution in [3.63, 3.8) is 0 Å². The molecule has 0 spiro atoms. The van der Waals surface area contributed by atoms with Crippen molar-refractivity contribution in [3.05, 3.63) is 29.3 Å². The van der Waals surface area contributed by atoms with Crippen molar-refractivity contribution >= 4 is 40.3 Å². The molecule has 1 fully saturated rings. The van der Waals surface area contributed by atoms with E-state index in [2.05, 4.69) is 0 Å². The maximum absolute atomic E-state index is 12.0. The van der Waals surface area contributed by atoms with Crippen LogP contribution in [0.15, 0.2) is 18.2 Å². The second-order valence-corrected chi connectivity index (χ2v) is 5.48. The fraction of sp³-hybridized carbons (Fsp3) is 0.286. The van der Waals surface area contributed by atoms with Gasteiger partial charge in [0.05, 0.1) is 17.0 Å². The van der Waals surface area contributed by atoms with Crippen LogP contribution < -0.4 is 4.90 Å². The van der Waals surface area contributed by atoms with E-state index in [9.17, 15) is 19.2 Å². The summed E-state index contributed by atoms with van der Waals surface area (Å²) in [5.41, 5.74) is 1.09. The summed E-state index contributed by atoms with van der Waals surface area (Å²) in [6.07, 6.45) is 0.0617. The lowest BCUT2D eigenvalue weighted by atomic mass is 10.1. The van der Waals surface area contributed by atoms with Crippen LogP contribution in [0.2, 0.25) is 0 Å². The minimum absolute atomic E-state index is 0.0617. The molecule has 1 aromatic carbocycles. The van der Waals surface area contributed by atoms with Crippen molar-refractivity contribution in [2.24, 2.45) is 5.92 Å². The quantitative estimate of drug-likeness (QED) is 0.604. The number of hydrogen-bond donors (Lipinski definition) is 0. The Labute approximate surface area is 125 Å². The molecular formula is C14H11ClN2O4. The second-order valence-electron chi connectivity index (χ2n) is 5.11. The van der Waals surface area contributed by atoms with Crippen LogP contribution in [0.1, 0.15) is 27.1 Å². The van der Waals surface area contributed by atoms with Gasteiger partial charge in [0, 0.05) is 25.7 Å². The van der Waals surface area contributed by atoms with Gasteiger partial charge in [-0.15, -0.1) is 0 Å². The molecule has 0 aliphatic carbocycles. The van der Waals surface area contributed by atoms with Crippen molar-refractivity contribution in [1.82, 2.24) is 4.90 Å². The molecule has 0 saturated carbocycles. The van der Waals surface area contributed by atoms with E-state index in [0.717, 1.165) is 4.90 Å². The van der Waals surface area contributed by atoms with Crippen molar-refractivity contribution in [3.8, 4) is 0 Å². The number of fused-ring (bicyclic) bond motifs is 1. The second kappa shape index (κ2) is 4.66. The summed E-state index contributed by atoms with van der Waals surface area (Å²) in [5, 5.41) is -0.544. The van der Waals surface area contributed by atoms with Crippen molar-refractivity contribution < 1.29 is 19.2 Å². The van der Waals surface area contributed by atoms with E-state index >= 15 is 0 Å². The fourth-order valence-corrected chi connectivity index (χ4v) is 2.77. The van der Waals surface area contributed by atoms with Gasteiger partial charge in [-0.2, -0.15) is 0 Å². The van der Waals surface area contributed by atoms with E-state index in [-0.39, 0.29) is 30.3 Å². The van der Waals surface area contributed by atoms with E-state index in [1.54, 1.807) is 6.07 Å². The summed E-state index contributed by atoms with van der Waals surface area (Å²) in [5.74, 6) is -1.51. The summed E-state index contributed by atoms with van der Waals surface area (Å²) in [6, 6.07) is 4.64. The molecule has 0 bridgehead atoms. The lowest BCUT2D eigenvalue weighted by Gasteiger charge is -2.16. The number of carbonyl (C=O) groups is 4. The van der Waals surface area contributed by atoms with Crippen molar-refractivity contribution in [2.45, 2.75) is 6.42 Å². The Kier molecular flexibility index (Phi) is 3.06. The number of nitrogens with zero attached hydrogens (tertiary/aromatic N) is 2. The number of halogens is 1. The third-order valence-corrected chi connectivity index (χ3v) is 4.14. The minimum Gasteiger partial charge on any atom is -0.312 e. The molecule has 1 aromatic rings. The molecule has 2 aliphatic heterocycles. The highest BCUT2D eigenvalue weighted by Gasteiger charge is 2.37. The van der Waals surface area contributed by atoms with Crippen molar-refractivity contribution in [1.29, 1.82) is 0 Å². The minimum atomic E-state index is -0.544. The molecule has 1 saturated heterocycles. The van der Waals surface area contributed by atoms with Gasteiger partial charge < -0.3 is 4.90 Å². The molecule has 7 heteroatoms. The largest absolute Gasteiger partial charge is 0.312 e. The molecule has 2 heterocycles. The summed E-state index contributed by atoms with van der Waals surface area (Å²) in [4.78, 5) is 49.3. The van der Waals surface area contributed by atoms with Gasteiger partial charge in [-0.1, -0.05) is 0 Å². The Morgan fingerprint density at radius 2 is 1.86 bits per heavy atom. The molecule has 3 rings (SSSR count). The Bertz CT molecular complexity index is 700. The van der Waals surface area contributed by atoms with Crippen LogP contribution in [-0.4, -0.2) is 41.5 Å². The molecular weight excluding hydrogens is 296 g/mol. The molecule has 2 aliphatic rings. The van der Waals surface area contributed by atoms with Crippen LogP contribution >= 0.6 is 11.6 Å². The average Bonchev–Trinajstić information content (AvgIpc) is 2.94. The zero-order valence-corrected chi connectivity index (χ0v) is 11.9. The lowest BCUT2D eigenvalue weighted by molar-refractivity contribution is -0.120. The molecule has 21 heavy (non-hydrogen) atoms. The van der Waals surface area contributed by atoms with Gasteiger partial charge in [-0.05, 0) is 29.8 Å². The molecule has 0 radical (unpaired) electrons. The molecule has 0 N–H and O–H groups in total. The predicted molar refractivity (Wildman–Crippen MR) is 74.2 cm³/mol. The number of carbonyl (C=O) groups excluding carboxylic acids is 4. The van der Waals surface area contributed by atoms with Gasteiger partial charge in [0.15, 0.2) is 0 Å². The third kappa shape index (κ3) is 2.03. The Hall–Kier alpha value is -2.21. The van der Waals surface area contributed by atoms with E-state index in [0.29, 0.717) is 11.3 Å². The lowest BCUT2D eigenvalue weighted by Crippen LogP contribution is -2.25. The number of benzene rings is 1. The standard InChI is InChI=1S/C14H11ClN2O4/c1-16-13(20)9-3-2-8(5-10(9)14(16)21)17-6-7(12(15)19)4-11(17)18/h2-3,5,7H,4,6H2,1H3. The Morgan fingerprint density at radius 3 is 2.48 bits per heavy atom. The maximum Gasteiger partial charge on any atom is 0.261 e. The first-order valence-corrected chi connectivity index (χ1v) is 6.74. The zero-order valence-electron chi connectivity index (χ0n) is 11.1. The normalized spacial score (nSPS) is 21.2. The van der Waals surface area contributed by atoms with Crippen LogP contribution in [0, 0.1) is 5.92 Å².